The molecule has 18 heavy (non-hydrogen) atoms. The number of rotatable bonds is 6. The first-order chi connectivity index (χ1) is 8.42. The molecule has 1 rings (SSSR count). The fourth-order valence-electron chi connectivity index (χ4n) is 1.93. The number of hydrazine groups is 1. The maximum absolute atomic E-state index is 9.95. The Morgan fingerprint density at radius 2 is 2.06 bits per heavy atom. The molecule has 4 N–H and O–H groups in total. The third kappa shape index (κ3) is 3.54. The van der Waals surface area contributed by atoms with Gasteiger partial charge in [-0.05, 0) is 27.2 Å². The fourth-order valence-corrected chi connectivity index (χ4v) is 1.93. The number of aliphatic hydroxyl groups is 1. The van der Waals surface area contributed by atoms with Crippen LogP contribution in [0.1, 0.15) is 33.3 Å². The average Bonchev–Trinajstić information content (AvgIpc) is 2.33. The molecule has 0 aliphatic carbocycles. The van der Waals surface area contributed by atoms with Crippen LogP contribution in [0.15, 0.2) is 6.33 Å². The zero-order chi connectivity index (χ0) is 13.8. The van der Waals surface area contributed by atoms with Gasteiger partial charge in [-0.25, -0.2) is 15.8 Å². The largest absolute Gasteiger partial charge is 0.389 e. The van der Waals surface area contributed by atoms with Crippen LogP contribution in [-0.2, 0) is 6.42 Å². The molecule has 1 aromatic rings. The van der Waals surface area contributed by atoms with E-state index in [-0.39, 0.29) is 0 Å². The average molecular weight is 253 g/mol. The molecule has 0 amide bonds. The van der Waals surface area contributed by atoms with Gasteiger partial charge in [0.25, 0.3) is 0 Å². The molecule has 0 aliphatic heterocycles. The Morgan fingerprint density at radius 3 is 2.50 bits per heavy atom. The van der Waals surface area contributed by atoms with Crippen LogP contribution < -0.4 is 16.2 Å². The van der Waals surface area contributed by atoms with Gasteiger partial charge in [-0.2, -0.15) is 0 Å². The van der Waals surface area contributed by atoms with Crippen LogP contribution in [-0.4, -0.2) is 33.8 Å². The highest BCUT2D eigenvalue weighted by Gasteiger charge is 2.21. The van der Waals surface area contributed by atoms with Gasteiger partial charge in [0.1, 0.15) is 18.0 Å². The molecular weight excluding hydrogens is 230 g/mol. The highest BCUT2D eigenvalue weighted by atomic mass is 16.3. The standard InChI is InChI=1S/C12H23N5O/c1-5-9-10(16-13)14-8-15-11(9)17(6-2)7-12(3,4)18/h8,18H,5-7,13H2,1-4H3,(H,14,15,16). The molecule has 0 saturated carbocycles. The summed E-state index contributed by atoms with van der Waals surface area (Å²) in [5, 5.41) is 9.95. The molecule has 0 saturated heterocycles. The molecule has 6 nitrogen and oxygen atoms in total. The van der Waals surface area contributed by atoms with E-state index in [4.69, 9.17) is 5.84 Å². The zero-order valence-electron chi connectivity index (χ0n) is 11.6. The van der Waals surface area contributed by atoms with Crippen molar-refractivity contribution < 1.29 is 5.11 Å². The van der Waals surface area contributed by atoms with Crippen molar-refractivity contribution in [1.29, 1.82) is 0 Å². The van der Waals surface area contributed by atoms with Crippen LogP contribution in [0.3, 0.4) is 0 Å². The van der Waals surface area contributed by atoms with Gasteiger partial charge in [0.05, 0.1) is 5.60 Å². The summed E-state index contributed by atoms with van der Waals surface area (Å²) in [6.45, 7) is 8.90. The minimum atomic E-state index is -0.776. The number of aromatic nitrogens is 2. The second-order valence-corrected chi connectivity index (χ2v) is 4.85. The van der Waals surface area contributed by atoms with Gasteiger partial charge in [0, 0.05) is 18.7 Å². The summed E-state index contributed by atoms with van der Waals surface area (Å²) in [4.78, 5) is 10.5. The van der Waals surface area contributed by atoms with Crippen LogP contribution >= 0.6 is 0 Å². The summed E-state index contributed by atoms with van der Waals surface area (Å²) in [5.41, 5.74) is 2.78. The number of hydrogen-bond acceptors (Lipinski definition) is 6. The summed E-state index contributed by atoms with van der Waals surface area (Å²) in [7, 11) is 0. The summed E-state index contributed by atoms with van der Waals surface area (Å²) in [6.07, 6.45) is 2.26. The molecule has 0 radical (unpaired) electrons. The molecule has 0 unspecified atom stereocenters. The molecule has 0 aromatic carbocycles. The Labute approximate surface area is 108 Å². The van der Waals surface area contributed by atoms with Crippen molar-refractivity contribution in [3.63, 3.8) is 0 Å². The first-order valence-electron chi connectivity index (χ1n) is 6.20. The van der Waals surface area contributed by atoms with Gasteiger partial charge < -0.3 is 15.4 Å². The lowest BCUT2D eigenvalue weighted by Crippen LogP contribution is -2.39. The summed E-state index contributed by atoms with van der Waals surface area (Å²) in [6, 6.07) is 0. The monoisotopic (exact) mass is 253 g/mol. The highest BCUT2D eigenvalue weighted by molar-refractivity contribution is 5.58. The molecule has 6 heteroatoms. The molecule has 102 valence electrons. The Morgan fingerprint density at radius 1 is 1.39 bits per heavy atom. The van der Waals surface area contributed by atoms with Crippen molar-refractivity contribution in [2.24, 2.45) is 5.84 Å². The first kappa shape index (κ1) is 14.7. The van der Waals surface area contributed by atoms with E-state index in [1.54, 1.807) is 13.8 Å². The number of nitrogens with one attached hydrogen (secondary N) is 1. The molecule has 1 aromatic heterocycles. The Kier molecular flexibility index (Phi) is 4.86. The summed E-state index contributed by atoms with van der Waals surface area (Å²) < 4.78 is 0. The summed E-state index contributed by atoms with van der Waals surface area (Å²) in [5.74, 6) is 6.92. The number of nitrogen functional groups attached to an aromatic ring is 1. The minimum Gasteiger partial charge on any atom is -0.389 e. The maximum atomic E-state index is 9.95. The lowest BCUT2D eigenvalue weighted by Gasteiger charge is -2.30. The molecule has 0 fully saturated rings. The SMILES string of the molecule is CCc1c(NN)ncnc1N(CC)CC(C)(C)O. The van der Waals surface area contributed by atoms with Crippen LogP contribution in [0.2, 0.25) is 0 Å². The molecule has 1 heterocycles. The second-order valence-electron chi connectivity index (χ2n) is 4.85. The summed E-state index contributed by atoms with van der Waals surface area (Å²) >= 11 is 0. The van der Waals surface area contributed by atoms with Gasteiger partial charge in [-0.15, -0.1) is 0 Å². The number of nitrogens with zero attached hydrogens (tertiary/aromatic N) is 3. The first-order valence-corrected chi connectivity index (χ1v) is 6.20. The minimum absolute atomic E-state index is 0.511. The topological polar surface area (TPSA) is 87.3 Å². The molecule has 0 spiro atoms. The van der Waals surface area contributed by atoms with E-state index in [2.05, 4.69) is 15.4 Å². The molecular formula is C12H23N5O. The van der Waals surface area contributed by atoms with E-state index in [1.165, 1.54) is 6.33 Å². The third-order valence-electron chi connectivity index (χ3n) is 2.67. The van der Waals surface area contributed by atoms with E-state index in [9.17, 15) is 5.11 Å². The predicted molar refractivity (Wildman–Crippen MR) is 73.4 cm³/mol. The van der Waals surface area contributed by atoms with E-state index in [0.717, 1.165) is 24.3 Å². The maximum Gasteiger partial charge on any atom is 0.148 e. The predicted octanol–water partition coefficient (Wildman–Crippen LogP) is 0.922. The van der Waals surface area contributed by atoms with E-state index in [1.807, 2.05) is 18.7 Å². The Hall–Kier alpha value is -1.40. The fraction of sp³-hybridized carbons (Fsp3) is 0.667. The van der Waals surface area contributed by atoms with Crippen LogP contribution in [0.5, 0.6) is 0 Å². The van der Waals surface area contributed by atoms with Crippen molar-refractivity contribution in [2.75, 3.05) is 23.4 Å². The van der Waals surface area contributed by atoms with Crippen LogP contribution in [0.4, 0.5) is 11.6 Å². The van der Waals surface area contributed by atoms with Crippen molar-refractivity contribution in [3.8, 4) is 0 Å². The molecule has 0 atom stereocenters. The van der Waals surface area contributed by atoms with Gasteiger partial charge in [0.15, 0.2) is 0 Å². The van der Waals surface area contributed by atoms with Gasteiger partial charge >= 0.3 is 0 Å². The van der Waals surface area contributed by atoms with Crippen molar-refractivity contribution in [1.82, 2.24) is 9.97 Å². The van der Waals surface area contributed by atoms with E-state index < -0.39 is 5.60 Å². The number of anilines is 2. The Balaban J connectivity index is 3.12. The highest BCUT2D eigenvalue weighted by Crippen LogP contribution is 2.24. The Bertz CT molecular complexity index is 389. The third-order valence-corrected chi connectivity index (χ3v) is 2.67. The van der Waals surface area contributed by atoms with Gasteiger partial charge in [-0.3, -0.25) is 0 Å². The number of likely N-dealkylation sites (N-methyl/N-ethyl adjacent to an activating group) is 1. The number of nitrogens with two attached hydrogens (primary N) is 1. The number of hydrogen-bond donors (Lipinski definition) is 3. The van der Waals surface area contributed by atoms with Gasteiger partial charge in [0.2, 0.25) is 0 Å². The van der Waals surface area contributed by atoms with E-state index >= 15 is 0 Å². The van der Waals surface area contributed by atoms with E-state index in [0.29, 0.717) is 12.4 Å². The van der Waals surface area contributed by atoms with Crippen LogP contribution in [0, 0.1) is 0 Å². The smallest absolute Gasteiger partial charge is 0.148 e. The van der Waals surface area contributed by atoms with Crippen molar-refractivity contribution >= 4 is 11.6 Å². The molecule has 0 aliphatic rings. The zero-order valence-corrected chi connectivity index (χ0v) is 11.6. The quantitative estimate of drug-likeness (QED) is 0.516. The lowest BCUT2D eigenvalue weighted by molar-refractivity contribution is 0.0874. The lowest BCUT2D eigenvalue weighted by atomic mass is 10.1. The van der Waals surface area contributed by atoms with Crippen molar-refractivity contribution in [2.45, 2.75) is 39.7 Å². The normalized spacial score (nSPS) is 11.4. The second kappa shape index (κ2) is 5.97. The van der Waals surface area contributed by atoms with Crippen LogP contribution in [0.25, 0.3) is 0 Å². The molecule has 0 bridgehead atoms. The van der Waals surface area contributed by atoms with Crippen molar-refractivity contribution in [3.05, 3.63) is 11.9 Å². The van der Waals surface area contributed by atoms with Gasteiger partial charge in [-0.1, -0.05) is 6.92 Å².